The second-order valence-corrected chi connectivity index (χ2v) is 10.8. The van der Waals surface area contributed by atoms with Gasteiger partial charge in [-0.25, -0.2) is 4.68 Å². The average Bonchev–Trinajstić information content (AvgIpc) is 3.53. The Morgan fingerprint density at radius 1 is 0.933 bits per heavy atom. The minimum atomic E-state index is -1.22. The van der Waals surface area contributed by atoms with E-state index in [9.17, 15) is 15.3 Å². The molecule has 0 saturated carbocycles. The summed E-state index contributed by atoms with van der Waals surface area (Å²) < 4.78 is 29.9. The molecule has 1 aliphatic rings. The molecule has 240 valence electrons. The van der Waals surface area contributed by atoms with E-state index in [0.29, 0.717) is 42.6 Å². The van der Waals surface area contributed by atoms with Crippen molar-refractivity contribution < 1.29 is 39.0 Å². The van der Waals surface area contributed by atoms with E-state index < -0.39 is 37.3 Å². The zero-order valence-corrected chi connectivity index (χ0v) is 25.8. The molecule has 12 nitrogen and oxygen atoms in total. The van der Waals surface area contributed by atoms with Gasteiger partial charge in [-0.2, -0.15) is 0 Å². The van der Waals surface area contributed by atoms with Crippen molar-refractivity contribution in [2.45, 2.75) is 57.3 Å². The number of hydrogen-bond acceptors (Lipinski definition) is 11. The first-order valence-corrected chi connectivity index (χ1v) is 14.7. The molecule has 2 heterocycles. The van der Waals surface area contributed by atoms with Gasteiger partial charge in [0.1, 0.15) is 48.3 Å². The van der Waals surface area contributed by atoms with Crippen LogP contribution in [0.3, 0.4) is 0 Å². The van der Waals surface area contributed by atoms with Crippen LogP contribution < -0.4 is 19.5 Å². The molecule has 5 atom stereocenters. The van der Waals surface area contributed by atoms with Crippen LogP contribution in [-0.4, -0.2) is 82.7 Å². The van der Waals surface area contributed by atoms with E-state index in [1.807, 2.05) is 36.4 Å². The lowest BCUT2D eigenvalue weighted by atomic mass is 9.97. The molecule has 0 aliphatic carbocycles. The van der Waals surface area contributed by atoms with E-state index in [4.69, 9.17) is 23.7 Å². The van der Waals surface area contributed by atoms with Gasteiger partial charge in [0.05, 0.1) is 38.3 Å². The first-order chi connectivity index (χ1) is 21.9. The summed E-state index contributed by atoms with van der Waals surface area (Å²) in [6.07, 6.45) is -3.67. The third-order valence-corrected chi connectivity index (χ3v) is 8.05. The summed E-state index contributed by atoms with van der Waals surface area (Å²) in [4.78, 5) is 0. The molecule has 3 aromatic carbocycles. The zero-order valence-electron chi connectivity index (χ0n) is 25.8. The Labute approximate surface area is 262 Å². The number of rotatable bonds is 13. The molecule has 1 saturated heterocycles. The van der Waals surface area contributed by atoms with Crippen LogP contribution in [0.5, 0.6) is 17.2 Å². The number of aliphatic hydroxyl groups is 3. The SMILES string of the molecule is COc1cc(OCc2cccc(-c3ccccc3)c2C)cc(OC)c1CNCc1cn([C@@H]2O[C@H](CO)[C@@H](O)[C@H](OC)[C@H]2O)nn1. The van der Waals surface area contributed by atoms with Crippen LogP contribution in [0, 0.1) is 6.92 Å². The van der Waals surface area contributed by atoms with Crippen molar-refractivity contribution in [3.63, 3.8) is 0 Å². The molecule has 4 aromatic rings. The van der Waals surface area contributed by atoms with Crippen molar-refractivity contribution in [1.29, 1.82) is 0 Å². The number of aromatic nitrogens is 3. The van der Waals surface area contributed by atoms with Gasteiger partial charge in [0.15, 0.2) is 6.23 Å². The van der Waals surface area contributed by atoms with Crippen molar-refractivity contribution in [1.82, 2.24) is 20.3 Å². The van der Waals surface area contributed by atoms with Crippen molar-refractivity contribution in [3.05, 3.63) is 89.2 Å². The molecular formula is C33H40N4O8. The largest absolute Gasteiger partial charge is 0.496 e. The summed E-state index contributed by atoms with van der Waals surface area (Å²) in [6, 6.07) is 20.2. The standard InChI is InChI=1S/C33H40N4O8/c1-20-22(11-8-12-25(20)21-9-6-5-7-10-21)19-44-24-13-27(41-2)26(28(14-24)42-3)16-34-15-23-17-37(36-35-23)33-31(40)32(43-4)30(39)29(18-38)45-33/h5-14,17,29-34,38-40H,15-16,18-19H2,1-4H3/t29-,30-,31-,32+,33-/m1/s1. The number of nitrogens with zero attached hydrogens (tertiary/aromatic N) is 3. The van der Waals surface area contributed by atoms with Crippen molar-refractivity contribution in [3.8, 4) is 28.4 Å². The van der Waals surface area contributed by atoms with Gasteiger partial charge in [-0.05, 0) is 29.2 Å². The Morgan fingerprint density at radius 3 is 2.33 bits per heavy atom. The Kier molecular flexibility index (Phi) is 10.7. The van der Waals surface area contributed by atoms with Gasteiger partial charge < -0.3 is 44.3 Å². The molecule has 0 bridgehead atoms. The van der Waals surface area contributed by atoms with E-state index in [0.717, 1.165) is 22.3 Å². The highest BCUT2D eigenvalue weighted by Crippen LogP contribution is 2.35. The Bertz CT molecular complexity index is 1520. The van der Waals surface area contributed by atoms with Crippen LogP contribution >= 0.6 is 0 Å². The first kappa shape index (κ1) is 32.4. The third-order valence-electron chi connectivity index (χ3n) is 8.05. The molecule has 1 fully saturated rings. The van der Waals surface area contributed by atoms with Crippen LogP contribution in [0.15, 0.2) is 66.9 Å². The highest BCUT2D eigenvalue weighted by molar-refractivity contribution is 5.68. The fourth-order valence-corrected chi connectivity index (χ4v) is 5.55. The van der Waals surface area contributed by atoms with Gasteiger partial charge in [-0.3, -0.25) is 0 Å². The Morgan fingerprint density at radius 2 is 1.67 bits per heavy atom. The number of aliphatic hydroxyl groups excluding tert-OH is 3. The molecule has 0 radical (unpaired) electrons. The van der Waals surface area contributed by atoms with Crippen molar-refractivity contribution in [2.24, 2.45) is 0 Å². The van der Waals surface area contributed by atoms with Gasteiger partial charge in [0.2, 0.25) is 0 Å². The lowest BCUT2D eigenvalue weighted by molar-refractivity contribution is -0.259. The third kappa shape index (κ3) is 7.12. The molecule has 5 rings (SSSR count). The van der Waals surface area contributed by atoms with E-state index >= 15 is 0 Å². The molecule has 45 heavy (non-hydrogen) atoms. The number of benzene rings is 3. The summed E-state index contributed by atoms with van der Waals surface area (Å²) in [5.41, 5.74) is 5.96. The van der Waals surface area contributed by atoms with Gasteiger partial charge >= 0.3 is 0 Å². The number of nitrogens with one attached hydrogen (secondary N) is 1. The molecular weight excluding hydrogens is 580 g/mol. The second kappa shape index (κ2) is 14.8. The lowest BCUT2D eigenvalue weighted by Gasteiger charge is -2.41. The predicted molar refractivity (Wildman–Crippen MR) is 165 cm³/mol. The molecule has 4 N–H and O–H groups in total. The van der Waals surface area contributed by atoms with Crippen molar-refractivity contribution >= 4 is 0 Å². The van der Waals surface area contributed by atoms with Gasteiger partial charge in [0, 0.05) is 32.3 Å². The number of ether oxygens (including phenoxy) is 5. The quantitative estimate of drug-likeness (QED) is 0.175. The topological polar surface area (TPSA) is 150 Å². The highest BCUT2D eigenvalue weighted by atomic mass is 16.6. The van der Waals surface area contributed by atoms with Crippen LogP contribution in [0.2, 0.25) is 0 Å². The summed E-state index contributed by atoms with van der Waals surface area (Å²) in [5, 5.41) is 42.1. The fraction of sp³-hybridized carbons (Fsp3) is 0.394. The van der Waals surface area contributed by atoms with E-state index in [1.54, 1.807) is 20.4 Å². The molecule has 1 aliphatic heterocycles. The summed E-state index contributed by atoms with van der Waals surface area (Å²) in [6.45, 7) is 2.78. The number of methoxy groups -OCH3 is 3. The van der Waals surface area contributed by atoms with E-state index in [2.05, 4.69) is 46.8 Å². The van der Waals surface area contributed by atoms with Gasteiger partial charge in [0.25, 0.3) is 0 Å². The maximum Gasteiger partial charge on any atom is 0.180 e. The number of hydrogen-bond donors (Lipinski definition) is 4. The highest BCUT2D eigenvalue weighted by Gasteiger charge is 2.45. The zero-order chi connectivity index (χ0) is 31.9. The summed E-state index contributed by atoms with van der Waals surface area (Å²) in [7, 11) is 4.57. The molecule has 0 spiro atoms. The van der Waals surface area contributed by atoms with Crippen LogP contribution in [0.4, 0.5) is 0 Å². The smallest absolute Gasteiger partial charge is 0.180 e. The van der Waals surface area contributed by atoms with Gasteiger partial charge in [-0.1, -0.05) is 53.7 Å². The maximum atomic E-state index is 10.7. The molecule has 0 amide bonds. The minimum absolute atomic E-state index is 0.337. The normalized spacial score (nSPS) is 21.4. The molecule has 12 heteroatoms. The average molecular weight is 621 g/mol. The Balaban J connectivity index is 1.23. The molecule has 1 aromatic heterocycles. The van der Waals surface area contributed by atoms with E-state index in [-0.39, 0.29) is 0 Å². The lowest BCUT2D eigenvalue weighted by Crippen LogP contribution is -2.57. The predicted octanol–water partition coefficient (Wildman–Crippen LogP) is 2.77. The van der Waals surface area contributed by atoms with Crippen LogP contribution in [0.1, 0.15) is 28.6 Å². The van der Waals surface area contributed by atoms with Crippen LogP contribution in [-0.2, 0) is 29.2 Å². The molecule has 0 unspecified atom stereocenters. The fourth-order valence-electron chi connectivity index (χ4n) is 5.55. The van der Waals surface area contributed by atoms with Crippen LogP contribution in [0.25, 0.3) is 11.1 Å². The van der Waals surface area contributed by atoms with E-state index in [1.165, 1.54) is 17.4 Å². The maximum absolute atomic E-state index is 10.7. The summed E-state index contributed by atoms with van der Waals surface area (Å²) in [5.74, 6) is 1.83. The van der Waals surface area contributed by atoms with Crippen molar-refractivity contribution in [2.75, 3.05) is 27.9 Å². The first-order valence-electron chi connectivity index (χ1n) is 14.7. The summed E-state index contributed by atoms with van der Waals surface area (Å²) >= 11 is 0. The Hall–Kier alpha value is -4.04. The monoisotopic (exact) mass is 620 g/mol. The van der Waals surface area contributed by atoms with Gasteiger partial charge in [-0.15, -0.1) is 5.10 Å². The minimum Gasteiger partial charge on any atom is -0.496 e. The second-order valence-electron chi connectivity index (χ2n) is 10.8.